The number of ether oxygens (including phenoxy) is 11. The van der Waals surface area contributed by atoms with Crippen molar-refractivity contribution < 1.29 is 52.1 Å². The second-order valence-corrected chi connectivity index (χ2v) is 9.09. The molecule has 1 aromatic carbocycles. The van der Waals surface area contributed by atoms with Gasteiger partial charge < -0.3 is 57.0 Å². The Bertz CT molecular complexity index is 643. The first-order valence-corrected chi connectivity index (χ1v) is 14.9. The van der Waals surface area contributed by atoms with Gasteiger partial charge in [-0.05, 0) is 26.2 Å². The molecule has 0 bridgehead atoms. The molecule has 0 aliphatic rings. The molecule has 0 heterocycles. The zero-order valence-corrected chi connectivity index (χ0v) is 25.9. The highest BCUT2D eigenvalue weighted by Gasteiger charge is 1.97. The van der Waals surface area contributed by atoms with E-state index >= 15 is 0 Å². The summed E-state index contributed by atoms with van der Waals surface area (Å²) in [4.78, 5) is 2.08. The second kappa shape index (κ2) is 32.5. The van der Waals surface area contributed by atoms with E-state index in [1.54, 1.807) is 0 Å². The molecule has 12 nitrogen and oxygen atoms in total. The van der Waals surface area contributed by atoms with Crippen molar-refractivity contribution in [2.45, 2.75) is 0 Å². The summed E-state index contributed by atoms with van der Waals surface area (Å²) in [6.45, 7) is 12.3. The average Bonchev–Trinajstić information content (AvgIpc) is 3.00. The van der Waals surface area contributed by atoms with E-state index in [-0.39, 0.29) is 0 Å². The van der Waals surface area contributed by atoms with Crippen molar-refractivity contribution in [1.82, 2.24) is 4.90 Å². The zero-order chi connectivity index (χ0) is 30.0. The Labute approximate surface area is 252 Å². The van der Waals surface area contributed by atoms with Crippen molar-refractivity contribution in [3.63, 3.8) is 0 Å². The van der Waals surface area contributed by atoms with Crippen LogP contribution in [0.3, 0.4) is 0 Å². The maximum atomic E-state index is 5.55. The van der Waals surface area contributed by atoms with E-state index in [9.17, 15) is 0 Å². The molecular formula is C30H55NO11. The summed E-state index contributed by atoms with van der Waals surface area (Å²) in [5, 5.41) is 0. The normalized spacial score (nSPS) is 11.5. The van der Waals surface area contributed by atoms with E-state index in [1.807, 2.05) is 44.4 Å². The highest BCUT2D eigenvalue weighted by atomic mass is 16.6. The van der Waals surface area contributed by atoms with E-state index in [1.165, 1.54) is 0 Å². The minimum atomic E-state index is 0.518. The molecule has 0 radical (unpaired) electrons. The predicted molar refractivity (Wildman–Crippen MR) is 159 cm³/mol. The van der Waals surface area contributed by atoms with Crippen LogP contribution in [0.2, 0.25) is 0 Å². The molecule has 0 atom stereocenters. The van der Waals surface area contributed by atoms with E-state index in [0.29, 0.717) is 132 Å². The fraction of sp³-hybridized carbons (Fsp3) is 0.800. The summed E-state index contributed by atoms with van der Waals surface area (Å²) >= 11 is 0. The summed E-state index contributed by atoms with van der Waals surface area (Å²) in [6, 6.07) is 9.68. The summed E-state index contributed by atoms with van der Waals surface area (Å²) in [7, 11) is 4.04. The Morgan fingerprint density at radius 1 is 0.357 bits per heavy atom. The topological polar surface area (TPSA) is 105 Å². The quantitative estimate of drug-likeness (QED) is 0.107. The van der Waals surface area contributed by atoms with Crippen LogP contribution in [0, 0.1) is 0 Å². The minimum Gasteiger partial charge on any atom is -0.491 e. The van der Waals surface area contributed by atoms with Crippen LogP contribution >= 0.6 is 0 Å². The van der Waals surface area contributed by atoms with Gasteiger partial charge in [0.1, 0.15) is 12.4 Å². The molecule has 0 aliphatic carbocycles. The Hall–Kier alpha value is -1.42. The van der Waals surface area contributed by atoms with E-state index in [4.69, 9.17) is 52.1 Å². The number of para-hydroxylation sites is 1. The van der Waals surface area contributed by atoms with Crippen LogP contribution in [0.5, 0.6) is 5.75 Å². The largest absolute Gasteiger partial charge is 0.491 e. The summed E-state index contributed by atoms with van der Waals surface area (Å²) < 4.78 is 60.2. The Balaban J connectivity index is 1.62. The van der Waals surface area contributed by atoms with Gasteiger partial charge in [-0.2, -0.15) is 0 Å². The standard InChI is InChI=1S/C30H55NO11/c1-31(2)8-9-32-10-11-33-12-13-34-14-15-35-16-17-36-18-19-37-20-21-38-22-23-39-24-25-40-26-27-41-28-29-42-30-6-4-3-5-7-30/h3-7H,8-29H2,1-2H3. The van der Waals surface area contributed by atoms with Crippen LogP contribution < -0.4 is 4.74 Å². The molecule has 1 aromatic rings. The minimum absolute atomic E-state index is 0.518. The van der Waals surface area contributed by atoms with Gasteiger partial charge in [0.05, 0.1) is 132 Å². The van der Waals surface area contributed by atoms with E-state index in [0.717, 1.165) is 18.9 Å². The van der Waals surface area contributed by atoms with E-state index < -0.39 is 0 Å². The Morgan fingerprint density at radius 2 is 0.619 bits per heavy atom. The second-order valence-electron chi connectivity index (χ2n) is 9.09. The van der Waals surface area contributed by atoms with Gasteiger partial charge in [0.15, 0.2) is 0 Å². The van der Waals surface area contributed by atoms with Crippen molar-refractivity contribution in [3.05, 3.63) is 30.3 Å². The number of benzene rings is 1. The summed E-state index contributed by atoms with van der Waals surface area (Å²) in [5.74, 6) is 0.846. The maximum absolute atomic E-state index is 5.55. The third-order valence-corrected chi connectivity index (χ3v) is 5.27. The van der Waals surface area contributed by atoms with Crippen molar-refractivity contribution in [2.24, 2.45) is 0 Å². The lowest BCUT2D eigenvalue weighted by Gasteiger charge is -2.10. The number of likely N-dealkylation sites (N-methyl/N-ethyl adjacent to an activating group) is 1. The maximum Gasteiger partial charge on any atom is 0.119 e. The van der Waals surface area contributed by atoms with Crippen LogP contribution in [0.25, 0.3) is 0 Å². The van der Waals surface area contributed by atoms with Gasteiger partial charge in [-0.25, -0.2) is 0 Å². The molecule has 0 amide bonds. The predicted octanol–water partition coefficient (Wildman–Crippen LogP) is 1.79. The molecule has 0 saturated carbocycles. The summed E-state index contributed by atoms with van der Waals surface area (Å²) in [6.07, 6.45) is 0. The molecule has 0 N–H and O–H groups in total. The molecule has 0 saturated heterocycles. The molecular weight excluding hydrogens is 550 g/mol. The lowest BCUT2D eigenvalue weighted by atomic mass is 10.3. The molecule has 0 unspecified atom stereocenters. The Kier molecular flexibility index (Phi) is 29.9. The average molecular weight is 606 g/mol. The van der Waals surface area contributed by atoms with Gasteiger partial charge in [0.25, 0.3) is 0 Å². The summed E-state index contributed by atoms with van der Waals surface area (Å²) in [5.41, 5.74) is 0. The van der Waals surface area contributed by atoms with Crippen molar-refractivity contribution in [1.29, 1.82) is 0 Å². The van der Waals surface area contributed by atoms with E-state index in [2.05, 4.69) is 4.90 Å². The van der Waals surface area contributed by atoms with Crippen molar-refractivity contribution >= 4 is 0 Å². The van der Waals surface area contributed by atoms with Gasteiger partial charge in [-0.1, -0.05) is 18.2 Å². The first-order chi connectivity index (χ1) is 20.8. The molecule has 246 valence electrons. The van der Waals surface area contributed by atoms with Gasteiger partial charge in [0, 0.05) is 6.54 Å². The third-order valence-electron chi connectivity index (χ3n) is 5.27. The molecule has 42 heavy (non-hydrogen) atoms. The lowest BCUT2D eigenvalue weighted by molar-refractivity contribution is -0.0268. The van der Waals surface area contributed by atoms with Crippen LogP contribution in [0.1, 0.15) is 0 Å². The highest BCUT2D eigenvalue weighted by Crippen LogP contribution is 2.07. The van der Waals surface area contributed by atoms with Gasteiger partial charge in [0.2, 0.25) is 0 Å². The number of rotatable bonds is 34. The SMILES string of the molecule is CN(C)CCOCCOCCOCCOCCOCCOCCOCCOCCOCCOCCOc1ccccc1. The molecule has 0 spiro atoms. The number of hydrogen-bond acceptors (Lipinski definition) is 12. The highest BCUT2D eigenvalue weighted by molar-refractivity contribution is 5.20. The molecule has 12 heteroatoms. The zero-order valence-electron chi connectivity index (χ0n) is 25.9. The van der Waals surface area contributed by atoms with Gasteiger partial charge in [-0.15, -0.1) is 0 Å². The van der Waals surface area contributed by atoms with Crippen LogP contribution in [-0.2, 0) is 47.4 Å². The monoisotopic (exact) mass is 605 g/mol. The number of hydrogen-bond donors (Lipinski definition) is 0. The third kappa shape index (κ3) is 30.1. The lowest BCUT2D eigenvalue weighted by Crippen LogP contribution is -2.19. The molecule has 0 fully saturated rings. The fourth-order valence-electron chi connectivity index (χ4n) is 3.06. The number of nitrogens with zero attached hydrogens (tertiary/aromatic N) is 1. The van der Waals surface area contributed by atoms with Crippen LogP contribution in [0.4, 0.5) is 0 Å². The molecule has 0 aliphatic heterocycles. The molecule has 1 rings (SSSR count). The van der Waals surface area contributed by atoms with Gasteiger partial charge >= 0.3 is 0 Å². The van der Waals surface area contributed by atoms with Crippen LogP contribution in [-0.4, -0.2) is 164 Å². The van der Waals surface area contributed by atoms with Crippen molar-refractivity contribution in [3.8, 4) is 5.75 Å². The fourth-order valence-corrected chi connectivity index (χ4v) is 3.06. The Morgan fingerprint density at radius 3 is 0.905 bits per heavy atom. The molecule has 0 aromatic heterocycles. The first-order valence-electron chi connectivity index (χ1n) is 14.9. The van der Waals surface area contributed by atoms with Crippen LogP contribution in [0.15, 0.2) is 30.3 Å². The smallest absolute Gasteiger partial charge is 0.119 e. The van der Waals surface area contributed by atoms with Crippen molar-refractivity contribution in [2.75, 3.05) is 159 Å². The first kappa shape index (κ1) is 38.6. The van der Waals surface area contributed by atoms with Gasteiger partial charge in [-0.3, -0.25) is 0 Å².